The van der Waals surface area contributed by atoms with E-state index in [2.05, 4.69) is 4.98 Å². The molecule has 66 valence electrons. The van der Waals surface area contributed by atoms with Gasteiger partial charge in [0.1, 0.15) is 4.34 Å². The predicted octanol–water partition coefficient (Wildman–Crippen LogP) is 2.23. The summed E-state index contributed by atoms with van der Waals surface area (Å²) in [6.45, 7) is 0.100. The van der Waals surface area contributed by atoms with Crippen LogP contribution in [0.1, 0.15) is 29.3 Å². The van der Waals surface area contributed by atoms with E-state index in [9.17, 15) is 0 Å². The molecule has 0 spiro atoms. The van der Waals surface area contributed by atoms with Gasteiger partial charge in [-0.05, 0) is 25.0 Å². The second kappa shape index (κ2) is 3.36. The molecule has 1 saturated carbocycles. The highest BCUT2D eigenvalue weighted by molar-refractivity contribution is 8.00. The third-order valence-electron chi connectivity index (χ3n) is 1.98. The normalized spacial score (nSPS) is 16.8. The first kappa shape index (κ1) is 8.53. The van der Waals surface area contributed by atoms with Crippen LogP contribution < -0.4 is 0 Å². The van der Waals surface area contributed by atoms with Crippen LogP contribution in [0.5, 0.6) is 0 Å². The molecule has 0 bridgehead atoms. The molecular formula is C8H11NOS2. The topological polar surface area (TPSA) is 33.1 Å². The lowest BCUT2D eigenvalue weighted by molar-refractivity contribution is 0.276. The fourth-order valence-corrected chi connectivity index (χ4v) is 2.98. The lowest BCUT2D eigenvalue weighted by atomic mass is 10.3. The molecule has 0 amide bonds. The van der Waals surface area contributed by atoms with E-state index in [1.54, 1.807) is 23.1 Å². The fourth-order valence-electron chi connectivity index (χ4n) is 1.21. The second-order valence-corrected chi connectivity index (χ2v) is 5.01. The van der Waals surface area contributed by atoms with Gasteiger partial charge in [-0.2, -0.15) is 0 Å². The molecule has 1 aliphatic rings. The first-order valence-electron chi connectivity index (χ1n) is 3.99. The van der Waals surface area contributed by atoms with Crippen molar-refractivity contribution in [3.63, 3.8) is 0 Å². The number of aliphatic hydroxyl groups is 1. The maximum Gasteiger partial charge on any atom is 0.150 e. The van der Waals surface area contributed by atoms with Crippen molar-refractivity contribution >= 4 is 23.1 Å². The molecule has 1 aromatic rings. The average Bonchev–Trinajstić information content (AvgIpc) is 2.85. The third-order valence-corrected chi connectivity index (χ3v) is 4.23. The van der Waals surface area contributed by atoms with E-state index in [1.807, 2.05) is 6.26 Å². The van der Waals surface area contributed by atoms with Gasteiger partial charge in [0.2, 0.25) is 0 Å². The van der Waals surface area contributed by atoms with E-state index in [0.717, 1.165) is 10.0 Å². The van der Waals surface area contributed by atoms with Crippen molar-refractivity contribution in [2.45, 2.75) is 29.7 Å². The van der Waals surface area contributed by atoms with Crippen molar-refractivity contribution < 1.29 is 5.11 Å². The first-order valence-corrected chi connectivity index (χ1v) is 6.03. The molecular weight excluding hydrogens is 190 g/mol. The Morgan fingerprint density at radius 3 is 2.92 bits per heavy atom. The Balaban J connectivity index is 2.29. The van der Waals surface area contributed by atoms with Gasteiger partial charge in [0, 0.05) is 4.88 Å². The summed E-state index contributed by atoms with van der Waals surface area (Å²) in [7, 11) is 0. The molecule has 12 heavy (non-hydrogen) atoms. The van der Waals surface area contributed by atoms with Crippen LogP contribution in [-0.4, -0.2) is 16.3 Å². The van der Waals surface area contributed by atoms with Crippen LogP contribution in [0.3, 0.4) is 0 Å². The molecule has 0 radical (unpaired) electrons. The molecule has 0 aromatic carbocycles. The maximum atomic E-state index is 9.04. The third kappa shape index (κ3) is 1.51. The first-order chi connectivity index (χ1) is 5.85. The summed E-state index contributed by atoms with van der Waals surface area (Å²) in [4.78, 5) is 5.66. The number of aromatic nitrogens is 1. The molecule has 2 nitrogen and oxygen atoms in total. The Kier molecular flexibility index (Phi) is 2.39. The van der Waals surface area contributed by atoms with Crippen LogP contribution in [-0.2, 0) is 6.61 Å². The van der Waals surface area contributed by atoms with Gasteiger partial charge >= 0.3 is 0 Å². The van der Waals surface area contributed by atoms with Crippen LogP contribution in [0.15, 0.2) is 4.34 Å². The van der Waals surface area contributed by atoms with Crippen LogP contribution in [0.25, 0.3) is 0 Å². The molecule has 1 fully saturated rings. The van der Waals surface area contributed by atoms with E-state index < -0.39 is 0 Å². The Morgan fingerprint density at radius 1 is 1.67 bits per heavy atom. The smallest absolute Gasteiger partial charge is 0.150 e. The number of aliphatic hydroxyl groups excluding tert-OH is 1. The molecule has 2 rings (SSSR count). The predicted molar refractivity (Wildman–Crippen MR) is 51.8 cm³/mol. The molecule has 0 unspecified atom stereocenters. The van der Waals surface area contributed by atoms with Gasteiger partial charge in [-0.1, -0.05) is 11.8 Å². The highest BCUT2D eigenvalue weighted by Crippen LogP contribution is 2.45. The van der Waals surface area contributed by atoms with Gasteiger partial charge in [0.05, 0.1) is 12.3 Å². The number of nitrogens with zero attached hydrogens (tertiary/aromatic N) is 1. The van der Waals surface area contributed by atoms with E-state index in [4.69, 9.17) is 5.11 Å². The molecule has 0 aliphatic heterocycles. The van der Waals surface area contributed by atoms with E-state index in [1.165, 1.54) is 17.7 Å². The molecule has 1 aromatic heterocycles. The summed E-state index contributed by atoms with van der Waals surface area (Å²) in [6.07, 6.45) is 4.59. The van der Waals surface area contributed by atoms with Crippen LogP contribution in [0.4, 0.5) is 0 Å². The minimum absolute atomic E-state index is 0.100. The molecule has 1 N–H and O–H groups in total. The molecule has 1 aliphatic carbocycles. The number of hydrogen-bond donors (Lipinski definition) is 1. The number of hydrogen-bond acceptors (Lipinski definition) is 4. The van der Waals surface area contributed by atoms with Crippen molar-refractivity contribution in [3.05, 3.63) is 10.6 Å². The number of thioether (sulfide) groups is 1. The van der Waals surface area contributed by atoms with Crippen LogP contribution >= 0.6 is 23.1 Å². The van der Waals surface area contributed by atoms with Crippen molar-refractivity contribution in [2.75, 3.05) is 6.26 Å². The number of rotatable bonds is 3. The summed E-state index contributed by atoms with van der Waals surface area (Å²) >= 11 is 3.41. The number of thiazole rings is 1. The zero-order valence-corrected chi connectivity index (χ0v) is 8.54. The van der Waals surface area contributed by atoms with Gasteiger partial charge in [0.15, 0.2) is 0 Å². The second-order valence-electron chi connectivity index (χ2n) is 2.93. The van der Waals surface area contributed by atoms with E-state index in [-0.39, 0.29) is 6.61 Å². The van der Waals surface area contributed by atoms with Crippen molar-refractivity contribution in [3.8, 4) is 0 Å². The standard InChI is InChI=1S/C8H11NOS2/c1-11-8-9-6(4-10)7(12-8)5-2-3-5/h5,10H,2-4H2,1H3. The quantitative estimate of drug-likeness (QED) is 0.761. The monoisotopic (exact) mass is 201 g/mol. The lowest BCUT2D eigenvalue weighted by Gasteiger charge is -1.92. The van der Waals surface area contributed by atoms with E-state index in [0.29, 0.717) is 5.92 Å². The lowest BCUT2D eigenvalue weighted by Crippen LogP contribution is -1.87. The van der Waals surface area contributed by atoms with Crippen LogP contribution in [0, 0.1) is 0 Å². The van der Waals surface area contributed by atoms with Gasteiger partial charge in [0.25, 0.3) is 0 Å². The van der Waals surface area contributed by atoms with Gasteiger partial charge in [-0.25, -0.2) is 4.98 Å². The average molecular weight is 201 g/mol. The summed E-state index contributed by atoms with van der Waals surface area (Å²) < 4.78 is 1.08. The van der Waals surface area contributed by atoms with Gasteiger partial charge < -0.3 is 5.11 Å². The summed E-state index contributed by atoms with van der Waals surface area (Å²) in [5.41, 5.74) is 0.909. The minimum atomic E-state index is 0.100. The largest absolute Gasteiger partial charge is 0.390 e. The minimum Gasteiger partial charge on any atom is -0.390 e. The SMILES string of the molecule is CSc1nc(CO)c(C2CC2)s1. The Labute approximate surface area is 80.0 Å². The van der Waals surface area contributed by atoms with Gasteiger partial charge in [-0.15, -0.1) is 11.3 Å². The zero-order valence-electron chi connectivity index (χ0n) is 6.91. The molecule has 1 heterocycles. The molecule has 0 atom stereocenters. The highest BCUT2D eigenvalue weighted by Gasteiger charge is 2.28. The summed E-state index contributed by atoms with van der Waals surface area (Å²) in [5, 5.41) is 9.04. The fraction of sp³-hybridized carbons (Fsp3) is 0.625. The highest BCUT2D eigenvalue weighted by atomic mass is 32.2. The molecule has 0 saturated heterocycles. The Bertz CT molecular complexity index is 281. The van der Waals surface area contributed by atoms with Crippen molar-refractivity contribution in [2.24, 2.45) is 0 Å². The summed E-state index contributed by atoms with van der Waals surface area (Å²) in [5.74, 6) is 0.713. The maximum absolute atomic E-state index is 9.04. The zero-order chi connectivity index (χ0) is 8.55. The Hall–Kier alpha value is -0.0600. The van der Waals surface area contributed by atoms with Gasteiger partial charge in [-0.3, -0.25) is 0 Å². The molecule has 4 heteroatoms. The van der Waals surface area contributed by atoms with Crippen LogP contribution in [0.2, 0.25) is 0 Å². The summed E-state index contributed by atoms with van der Waals surface area (Å²) in [6, 6.07) is 0. The van der Waals surface area contributed by atoms with Crippen molar-refractivity contribution in [1.29, 1.82) is 0 Å². The van der Waals surface area contributed by atoms with E-state index >= 15 is 0 Å². The van der Waals surface area contributed by atoms with Crippen molar-refractivity contribution in [1.82, 2.24) is 4.98 Å². The Morgan fingerprint density at radius 2 is 2.42 bits per heavy atom.